The Morgan fingerprint density at radius 2 is 1.83 bits per heavy atom. The molecule has 106 valence electrons. The molecule has 2 nitrogen and oxygen atoms in total. The van der Waals surface area contributed by atoms with E-state index in [0.29, 0.717) is 0 Å². The van der Waals surface area contributed by atoms with Crippen LogP contribution in [0.25, 0.3) is 0 Å². The summed E-state index contributed by atoms with van der Waals surface area (Å²) in [6.45, 7) is 11.8. The van der Waals surface area contributed by atoms with E-state index in [9.17, 15) is 0 Å². The lowest BCUT2D eigenvalue weighted by Gasteiger charge is -2.47. The van der Waals surface area contributed by atoms with Gasteiger partial charge in [-0.15, -0.1) is 0 Å². The smallest absolute Gasteiger partial charge is 0.0139 e. The highest BCUT2D eigenvalue weighted by Gasteiger charge is 2.37. The van der Waals surface area contributed by atoms with Crippen LogP contribution in [0, 0.1) is 5.92 Å². The molecular weight excluding hydrogens is 220 g/mol. The van der Waals surface area contributed by atoms with Gasteiger partial charge in [-0.1, -0.05) is 12.8 Å². The maximum Gasteiger partial charge on any atom is 0.0139 e. The van der Waals surface area contributed by atoms with Crippen molar-refractivity contribution in [3.05, 3.63) is 0 Å². The van der Waals surface area contributed by atoms with Crippen molar-refractivity contribution in [1.29, 1.82) is 0 Å². The summed E-state index contributed by atoms with van der Waals surface area (Å²) in [4.78, 5) is 2.82. The summed E-state index contributed by atoms with van der Waals surface area (Å²) in [6, 6.07) is 1.68. The van der Waals surface area contributed by atoms with E-state index >= 15 is 0 Å². The van der Waals surface area contributed by atoms with Crippen LogP contribution in [-0.4, -0.2) is 35.6 Å². The van der Waals surface area contributed by atoms with Gasteiger partial charge in [0.1, 0.15) is 0 Å². The van der Waals surface area contributed by atoms with Gasteiger partial charge >= 0.3 is 0 Å². The first kappa shape index (κ1) is 14.3. The summed E-state index contributed by atoms with van der Waals surface area (Å²) in [7, 11) is 0. The van der Waals surface area contributed by atoms with Crippen LogP contribution in [-0.2, 0) is 0 Å². The quantitative estimate of drug-likeness (QED) is 0.828. The van der Waals surface area contributed by atoms with Crippen LogP contribution in [0.4, 0.5) is 0 Å². The molecule has 1 saturated carbocycles. The Hall–Kier alpha value is -0.0800. The molecule has 18 heavy (non-hydrogen) atoms. The first-order chi connectivity index (χ1) is 8.47. The minimum Gasteiger partial charge on any atom is -0.312 e. The standard InChI is InChI=1S/C16H32N2/c1-13-8-6-5-7-11-18(13)15-10-9-14(15)12-17-16(2,3)4/h13-15,17H,5-12H2,1-4H3. The fraction of sp³-hybridized carbons (Fsp3) is 1.00. The predicted molar refractivity (Wildman–Crippen MR) is 78.9 cm³/mol. The van der Waals surface area contributed by atoms with E-state index in [1.807, 2.05) is 0 Å². The van der Waals surface area contributed by atoms with Crippen molar-refractivity contribution in [1.82, 2.24) is 10.2 Å². The third-order valence-electron chi connectivity index (χ3n) is 4.80. The van der Waals surface area contributed by atoms with Gasteiger partial charge in [0.2, 0.25) is 0 Å². The first-order valence-corrected chi connectivity index (χ1v) is 7.98. The van der Waals surface area contributed by atoms with E-state index in [-0.39, 0.29) is 5.54 Å². The summed E-state index contributed by atoms with van der Waals surface area (Å²) in [5.41, 5.74) is 0.268. The Kier molecular flexibility index (Phi) is 4.71. The molecule has 2 fully saturated rings. The van der Waals surface area contributed by atoms with E-state index in [1.165, 1.54) is 51.6 Å². The average Bonchev–Trinajstić information content (AvgIpc) is 2.41. The SMILES string of the molecule is CC1CCCCCN1C1CCC1CNC(C)(C)C. The van der Waals surface area contributed by atoms with Gasteiger partial charge in [-0.25, -0.2) is 0 Å². The Morgan fingerprint density at radius 1 is 1.06 bits per heavy atom. The lowest BCUT2D eigenvalue weighted by atomic mass is 9.77. The molecular formula is C16H32N2. The molecule has 2 heteroatoms. The summed E-state index contributed by atoms with van der Waals surface area (Å²) in [6.07, 6.45) is 8.57. The molecule has 3 unspecified atom stereocenters. The van der Waals surface area contributed by atoms with Crippen molar-refractivity contribution in [2.45, 2.75) is 83.8 Å². The molecule has 2 aliphatic rings. The molecule has 1 N–H and O–H groups in total. The zero-order valence-corrected chi connectivity index (χ0v) is 12.8. The Bertz CT molecular complexity index is 256. The predicted octanol–water partition coefficient (Wildman–Crippen LogP) is 3.42. The molecule has 0 radical (unpaired) electrons. The van der Waals surface area contributed by atoms with Gasteiger partial charge < -0.3 is 5.32 Å². The second kappa shape index (κ2) is 5.92. The third-order valence-corrected chi connectivity index (χ3v) is 4.80. The van der Waals surface area contributed by atoms with E-state index in [0.717, 1.165) is 18.0 Å². The Morgan fingerprint density at radius 3 is 2.44 bits per heavy atom. The van der Waals surface area contributed by atoms with E-state index in [2.05, 4.69) is 37.9 Å². The molecule has 0 aromatic heterocycles. The largest absolute Gasteiger partial charge is 0.312 e. The molecule has 0 aromatic carbocycles. The van der Waals surface area contributed by atoms with E-state index < -0.39 is 0 Å². The van der Waals surface area contributed by atoms with Crippen LogP contribution < -0.4 is 5.32 Å². The summed E-state index contributed by atoms with van der Waals surface area (Å²) in [5.74, 6) is 0.893. The van der Waals surface area contributed by atoms with Crippen molar-refractivity contribution >= 4 is 0 Å². The van der Waals surface area contributed by atoms with Gasteiger partial charge in [0.25, 0.3) is 0 Å². The highest BCUT2D eigenvalue weighted by Crippen LogP contribution is 2.35. The minimum atomic E-state index is 0.268. The summed E-state index contributed by atoms with van der Waals surface area (Å²) >= 11 is 0. The van der Waals surface area contributed by atoms with Crippen molar-refractivity contribution in [2.24, 2.45) is 5.92 Å². The highest BCUT2D eigenvalue weighted by atomic mass is 15.2. The number of nitrogens with zero attached hydrogens (tertiary/aromatic N) is 1. The van der Waals surface area contributed by atoms with Gasteiger partial charge in [0, 0.05) is 17.6 Å². The van der Waals surface area contributed by atoms with Gasteiger partial charge in [-0.2, -0.15) is 0 Å². The number of likely N-dealkylation sites (tertiary alicyclic amines) is 1. The van der Waals surface area contributed by atoms with Crippen molar-refractivity contribution in [3.63, 3.8) is 0 Å². The number of hydrogen-bond donors (Lipinski definition) is 1. The van der Waals surface area contributed by atoms with Crippen LogP contribution in [0.15, 0.2) is 0 Å². The molecule has 0 bridgehead atoms. The summed E-state index contributed by atoms with van der Waals surface area (Å²) in [5, 5.41) is 3.70. The molecule has 0 spiro atoms. The second-order valence-electron chi connectivity index (χ2n) is 7.47. The second-order valence-corrected chi connectivity index (χ2v) is 7.47. The van der Waals surface area contributed by atoms with Crippen LogP contribution in [0.5, 0.6) is 0 Å². The first-order valence-electron chi connectivity index (χ1n) is 7.98. The molecule has 1 saturated heterocycles. The average molecular weight is 252 g/mol. The van der Waals surface area contributed by atoms with E-state index in [4.69, 9.17) is 0 Å². The van der Waals surface area contributed by atoms with Crippen LogP contribution in [0.1, 0.15) is 66.2 Å². The highest BCUT2D eigenvalue weighted by molar-refractivity contribution is 4.93. The molecule has 1 aliphatic heterocycles. The van der Waals surface area contributed by atoms with Crippen molar-refractivity contribution in [2.75, 3.05) is 13.1 Å². The van der Waals surface area contributed by atoms with Gasteiger partial charge in [0.15, 0.2) is 0 Å². The normalized spacial score (nSPS) is 35.0. The molecule has 1 aliphatic carbocycles. The van der Waals surface area contributed by atoms with Crippen molar-refractivity contribution in [3.8, 4) is 0 Å². The fourth-order valence-corrected chi connectivity index (χ4v) is 3.45. The molecule has 0 amide bonds. The summed E-state index contributed by atoms with van der Waals surface area (Å²) < 4.78 is 0. The zero-order chi connectivity index (χ0) is 13.2. The number of rotatable bonds is 3. The Labute approximate surface area is 114 Å². The lowest BCUT2D eigenvalue weighted by Crippen LogP contribution is -2.55. The van der Waals surface area contributed by atoms with Crippen molar-refractivity contribution < 1.29 is 0 Å². The topological polar surface area (TPSA) is 15.3 Å². The molecule has 0 aromatic rings. The molecule has 2 rings (SSSR count). The van der Waals surface area contributed by atoms with Crippen LogP contribution >= 0.6 is 0 Å². The maximum absolute atomic E-state index is 3.70. The third kappa shape index (κ3) is 3.71. The van der Waals surface area contributed by atoms with Gasteiger partial charge in [-0.3, -0.25) is 4.90 Å². The van der Waals surface area contributed by atoms with E-state index in [1.54, 1.807) is 0 Å². The maximum atomic E-state index is 3.70. The monoisotopic (exact) mass is 252 g/mol. The number of nitrogens with one attached hydrogen (secondary N) is 1. The molecule has 1 heterocycles. The lowest BCUT2D eigenvalue weighted by molar-refractivity contribution is 0.0321. The van der Waals surface area contributed by atoms with Gasteiger partial charge in [-0.05, 0) is 72.4 Å². The number of hydrogen-bond acceptors (Lipinski definition) is 2. The van der Waals surface area contributed by atoms with Crippen LogP contribution in [0.2, 0.25) is 0 Å². The fourth-order valence-electron chi connectivity index (χ4n) is 3.45. The van der Waals surface area contributed by atoms with Gasteiger partial charge in [0.05, 0.1) is 0 Å². The minimum absolute atomic E-state index is 0.268. The molecule has 3 atom stereocenters. The van der Waals surface area contributed by atoms with Crippen LogP contribution in [0.3, 0.4) is 0 Å². The Balaban J connectivity index is 1.84. The zero-order valence-electron chi connectivity index (χ0n) is 12.8.